The zero-order chi connectivity index (χ0) is 18.2. The molecule has 1 fully saturated rings. The zero-order valence-electron chi connectivity index (χ0n) is 15.7. The molecule has 0 bridgehead atoms. The molecule has 1 saturated heterocycles. The maximum atomic E-state index is 5.84. The van der Waals surface area contributed by atoms with E-state index in [-0.39, 0.29) is 6.10 Å². The fourth-order valence-corrected chi connectivity index (χ4v) is 2.97. The minimum atomic E-state index is 0.238. The van der Waals surface area contributed by atoms with Gasteiger partial charge in [0.05, 0.1) is 6.10 Å². The predicted octanol–water partition coefficient (Wildman–Crippen LogP) is 4.86. The van der Waals surface area contributed by atoms with Crippen molar-refractivity contribution in [2.24, 2.45) is 0 Å². The molecule has 1 aliphatic rings. The Morgan fingerprint density at radius 2 is 1.92 bits per heavy atom. The maximum absolute atomic E-state index is 5.84. The molecule has 0 saturated carbocycles. The summed E-state index contributed by atoms with van der Waals surface area (Å²) in [6.07, 6.45) is 2.46. The lowest BCUT2D eigenvalue weighted by molar-refractivity contribution is 0.0680. The molecular weight excluding hydrogens is 326 g/mol. The smallest absolute Gasteiger partial charge is 0.121 e. The monoisotopic (exact) mass is 355 g/mol. The van der Waals surface area contributed by atoms with Gasteiger partial charge in [0.25, 0.3) is 0 Å². The van der Waals surface area contributed by atoms with Gasteiger partial charge in [0.15, 0.2) is 0 Å². The van der Waals surface area contributed by atoms with Crippen LogP contribution in [-0.2, 0) is 4.74 Å². The lowest BCUT2D eigenvalue weighted by Gasteiger charge is -2.13. The molecule has 3 rings (SSSR count). The molecule has 1 unspecified atom stereocenters. The molecule has 0 aliphatic carbocycles. The molecule has 1 atom stereocenters. The van der Waals surface area contributed by atoms with Crippen molar-refractivity contribution in [1.29, 1.82) is 0 Å². The molecule has 0 amide bonds. The SMILES string of the molecule is CC(C)c1ccc(OCCNc2cccc(OCC3CCCO3)c2)cc1. The van der Waals surface area contributed by atoms with E-state index in [0.717, 1.165) is 43.2 Å². The Hall–Kier alpha value is -2.20. The fourth-order valence-electron chi connectivity index (χ4n) is 2.97. The lowest BCUT2D eigenvalue weighted by atomic mass is 10.0. The highest BCUT2D eigenvalue weighted by Crippen LogP contribution is 2.20. The summed E-state index contributed by atoms with van der Waals surface area (Å²) in [6, 6.07) is 16.4. The van der Waals surface area contributed by atoms with Crippen molar-refractivity contribution < 1.29 is 14.2 Å². The topological polar surface area (TPSA) is 39.7 Å². The normalized spacial score (nSPS) is 16.7. The van der Waals surface area contributed by atoms with Crippen LogP contribution in [0, 0.1) is 0 Å². The van der Waals surface area contributed by atoms with Crippen LogP contribution < -0.4 is 14.8 Å². The average molecular weight is 355 g/mol. The van der Waals surface area contributed by atoms with Crippen molar-refractivity contribution in [1.82, 2.24) is 0 Å². The lowest BCUT2D eigenvalue weighted by Crippen LogP contribution is -2.16. The van der Waals surface area contributed by atoms with Gasteiger partial charge >= 0.3 is 0 Å². The first kappa shape index (κ1) is 18.6. The molecule has 2 aromatic rings. The Kier molecular flexibility index (Phi) is 6.78. The van der Waals surface area contributed by atoms with Gasteiger partial charge in [-0.25, -0.2) is 0 Å². The summed E-state index contributed by atoms with van der Waals surface area (Å²) in [4.78, 5) is 0. The van der Waals surface area contributed by atoms with Gasteiger partial charge in [-0.3, -0.25) is 0 Å². The maximum Gasteiger partial charge on any atom is 0.121 e. The van der Waals surface area contributed by atoms with Crippen LogP contribution in [-0.4, -0.2) is 32.5 Å². The van der Waals surface area contributed by atoms with E-state index in [1.165, 1.54) is 5.56 Å². The van der Waals surface area contributed by atoms with Crippen molar-refractivity contribution in [2.45, 2.75) is 38.7 Å². The van der Waals surface area contributed by atoms with Crippen LogP contribution in [0.15, 0.2) is 48.5 Å². The summed E-state index contributed by atoms with van der Waals surface area (Å²) in [5, 5.41) is 3.38. The number of anilines is 1. The summed E-state index contributed by atoms with van der Waals surface area (Å²) in [5.41, 5.74) is 2.36. The van der Waals surface area contributed by atoms with E-state index in [2.05, 4.69) is 31.3 Å². The van der Waals surface area contributed by atoms with E-state index in [4.69, 9.17) is 14.2 Å². The first-order chi connectivity index (χ1) is 12.7. The van der Waals surface area contributed by atoms with E-state index >= 15 is 0 Å². The molecule has 0 spiro atoms. The molecule has 1 N–H and O–H groups in total. The van der Waals surface area contributed by atoms with Gasteiger partial charge in [0.1, 0.15) is 24.7 Å². The molecule has 140 valence electrons. The second kappa shape index (κ2) is 9.48. The second-order valence-corrected chi connectivity index (χ2v) is 6.97. The number of hydrogen-bond donors (Lipinski definition) is 1. The van der Waals surface area contributed by atoms with Crippen LogP contribution in [0.2, 0.25) is 0 Å². The van der Waals surface area contributed by atoms with Gasteiger partial charge in [-0.1, -0.05) is 32.0 Å². The molecule has 0 aromatic heterocycles. The number of benzene rings is 2. The number of rotatable bonds is 9. The minimum Gasteiger partial charge on any atom is -0.492 e. The highest BCUT2D eigenvalue weighted by molar-refractivity contribution is 5.48. The quantitative estimate of drug-likeness (QED) is 0.652. The molecule has 1 heterocycles. The fraction of sp³-hybridized carbons (Fsp3) is 0.455. The van der Waals surface area contributed by atoms with Crippen LogP contribution in [0.5, 0.6) is 11.5 Å². The van der Waals surface area contributed by atoms with Crippen molar-refractivity contribution in [3.05, 3.63) is 54.1 Å². The third kappa shape index (κ3) is 5.67. The standard InChI is InChI=1S/C22H29NO3/c1-17(2)18-8-10-20(11-9-18)25-14-12-23-19-5-3-6-21(15-19)26-16-22-7-4-13-24-22/h3,5-6,8-11,15,17,22-23H,4,7,12-14,16H2,1-2H3. The molecular formula is C22H29NO3. The summed E-state index contributed by atoms with van der Waals surface area (Å²) in [5.74, 6) is 2.32. The largest absolute Gasteiger partial charge is 0.492 e. The number of hydrogen-bond acceptors (Lipinski definition) is 4. The van der Waals surface area contributed by atoms with Crippen molar-refractivity contribution in [2.75, 3.05) is 31.7 Å². The minimum absolute atomic E-state index is 0.238. The van der Waals surface area contributed by atoms with Gasteiger partial charge in [-0.05, 0) is 48.6 Å². The van der Waals surface area contributed by atoms with Crippen molar-refractivity contribution in [3.8, 4) is 11.5 Å². The Balaban J connectivity index is 1.39. The Bertz CT molecular complexity index is 663. The van der Waals surface area contributed by atoms with Gasteiger partial charge in [0.2, 0.25) is 0 Å². The summed E-state index contributed by atoms with van der Waals surface area (Å²) in [7, 11) is 0. The molecule has 4 nitrogen and oxygen atoms in total. The molecule has 4 heteroatoms. The van der Waals surface area contributed by atoms with Crippen LogP contribution in [0.3, 0.4) is 0 Å². The van der Waals surface area contributed by atoms with E-state index in [1.54, 1.807) is 0 Å². The first-order valence-electron chi connectivity index (χ1n) is 9.52. The third-order valence-electron chi connectivity index (χ3n) is 4.54. The van der Waals surface area contributed by atoms with Crippen molar-refractivity contribution >= 4 is 5.69 Å². The van der Waals surface area contributed by atoms with Gasteiger partial charge < -0.3 is 19.5 Å². The third-order valence-corrected chi connectivity index (χ3v) is 4.54. The molecule has 1 aliphatic heterocycles. The second-order valence-electron chi connectivity index (χ2n) is 6.97. The van der Waals surface area contributed by atoms with Crippen molar-refractivity contribution in [3.63, 3.8) is 0 Å². The first-order valence-corrected chi connectivity index (χ1v) is 9.52. The predicted molar refractivity (Wildman–Crippen MR) is 105 cm³/mol. The Labute approximate surface area is 156 Å². The van der Waals surface area contributed by atoms with Crippen LogP contribution >= 0.6 is 0 Å². The molecule has 2 aromatic carbocycles. The summed E-state index contributed by atoms with van der Waals surface area (Å²) in [6.45, 7) is 7.22. The summed E-state index contributed by atoms with van der Waals surface area (Å²) < 4.78 is 17.2. The summed E-state index contributed by atoms with van der Waals surface area (Å²) >= 11 is 0. The van der Waals surface area contributed by atoms with E-state index in [1.807, 2.05) is 36.4 Å². The number of ether oxygens (including phenoxy) is 3. The molecule has 26 heavy (non-hydrogen) atoms. The Morgan fingerprint density at radius 1 is 1.08 bits per heavy atom. The van der Waals surface area contributed by atoms with Gasteiger partial charge in [-0.15, -0.1) is 0 Å². The Morgan fingerprint density at radius 3 is 2.65 bits per heavy atom. The van der Waals surface area contributed by atoms with E-state index in [0.29, 0.717) is 19.1 Å². The van der Waals surface area contributed by atoms with E-state index in [9.17, 15) is 0 Å². The van der Waals surface area contributed by atoms with E-state index < -0.39 is 0 Å². The van der Waals surface area contributed by atoms with Crippen LogP contribution in [0.25, 0.3) is 0 Å². The highest BCUT2D eigenvalue weighted by Gasteiger charge is 2.15. The molecule has 0 radical (unpaired) electrons. The van der Waals surface area contributed by atoms with Gasteiger partial charge in [0, 0.05) is 24.9 Å². The highest BCUT2D eigenvalue weighted by atomic mass is 16.5. The number of nitrogens with one attached hydrogen (secondary N) is 1. The zero-order valence-corrected chi connectivity index (χ0v) is 15.7. The van der Waals surface area contributed by atoms with Crippen LogP contribution in [0.4, 0.5) is 5.69 Å². The van der Waals surface area contributed by atoms with Crippen LogP contribution in [0.1, 0.15) is 38.2 Å². The average Bonchev–Trinajstić information content (AvgIpc) is 3.18. The van der Waals surface area contributed by atoms with Gasteiger partial charge in [-0.2, -0.15) is 0 Å².